The summed E-state index contributed by atoms with van der Waals surface area (Å²) in [5.74, 6) is 0. The van der Waals surface area contributed by atoms with Gasteiger partial charge in [-0.2, -0.15) is 0 Å². The normalized spacial score (nSPS) is 41.6. The van der Waals surface area contributed by atoms with Crippen molar-refractivity contribution in [2.75, 3.05) is 13.2 Å². The van der Waals surface area contributed by atoms with Gasteiger partial charge in [-0.05, 0) is 44.9 Å². The van der Waals surface area contributed by atoms with Crippen LogP contribution in [0.3, 0.4) is 0 Å². The molecule has 4 heteroatoms. The maximum absolute atomic E-state index is 6.46. The highest BCUT2D eigenvalue weighted by atomic mass is 16.6. The van der Waals surface area contributed by atoms with E-state index in [1.54, 1.807) is 0 Å². The van der Waals surface area contributed by atoms with Crippen molar-refractivity contribution >= 4 is 0 Å². The van der Waals surface area contributed by atoms with E-state index in [4.69, 9.17) is 18.9 Å². The van der Waals surface area contributed by atoms with Crippen LogP contribution >= 0.6 is 0 Å². The molecule has 3 heterocycles. The van der Waals surface area contributed by atoms with Gasteiger partial charge in [0.1, 0.15) is 6.10 Å². The van der Waals surface area contributed by atoms with E-state index in [1.807, 2.05) is 12.2 Å². The van der Waals surface area contributed by atoms with Crippen LogP contribution < -0.4 is 0 Å². The third-order valence-corrected chi connectivity index (χ3v) is 5.17. The SMILES string of the molecule is C=CC[C@H]1O[C@H]2CCCO[C@@H]2CC[C@@H]1O[C@@H]1CCCO[C@H]1C=C. The lowest BCUT2D eigenvalue weighted by Gasteiger charge is -2.35. The summed E-state index contributed by atoms with van der Waals surface area (Å²) >= 11 is 0. The largest absolute Gasteiger partial charge is 0.376 e. The molecule has 3 aliphatic rings. The summed E-state index contributed by atoms with van der Waals surface area (Å²) < 4.78 is 24.5. The Labute approximate surface area is 139 Å². The van der Waals surface area contributed by atoms with E-state index in [-0.39, 0.29) is 36.6 Å². The molecule has 23 heavy (non-hydrogen) atoms. The van der Waals surface area contributed by atoms with Gasteiger partial charge in [0.2, 0.25) is 0 Å². The van der Waals surface area contributed by atoms with Crippen LogP contribution in [0.2, 0.25) is 0 Å². The zero-order valence-corrected chi connectivity index (χ0v) is 14.0. The van der Waals surface area contributed by atoms with Gasteiger partial charge < -0.3 is 18.9 Å². The topological polar surface area (TPSA) is 36.9 Å². The number of hydrogen-bond donors (Lipinski definition) is 0. The summed E-state index contributed by atoms with van der Waals surface area (Å²) in [6.45, 7) is 9.44. The summed E-state index contributed by atoms with van der Waals surface area (Å²) in [6, 6.07) is 0. The van der Waals surface area contributed by atoms with E-state index in [0.717, 1.165) is 58.2 Å². The Morgan fingerprint density at radius 3 is 2.57 bits per heavy atom. The molecule has 0 bridgehead atoms. The minimum atomic E-state index is -0.00471. The van der Waals surface area contributed by atoms with Crippen LogP contribution in [0, 0.1) is 0 Å². The van der Waals surface area contributed by atoms with Gasteiger partial charge in [0.25, 0.3) is 0 Å². The second-order valence-corrected chi connectivity index (χ2v) is 6.79. The first-order valence-electron chi connectivity index (χ1n) is 9.09. The first-order valence-corrected chi connectivity index (χ1v) is 9.09. The van der Waals surface area contributed by atoms with Crippen LogP contribution in [0.15, 0.2) is 25.3 Å². The molecule has 3 fully saturated rings. The highest BCUT2D eigenvalue weighted by molar-refractivity contribution is 4.93. The molecule has 0 aromatic carbocycles. The summed E-state index contributed by atoms with van der Waals surface area (Å²) in [6.07, 6.45) is 11.5. The molecule has 0 radical (unpaired) electrons. The maximum Gasteiger partial charge on any atom is 0.101 e. The predicted octanol–water partition coefficient (Wildman–Crippen LogP) is 3.41. The highest BCUT2D eigenvalue weighted by Crippen LogP contribution is 2.32. The molecule has 3 rings (SSSR count). The van der Waals surface area contributed by atoms with Crippen molar-refractivity contribution < 1.29 is 18.9 Å². The zero-order chi connectivity index (χ0) is 16.1. The Hall–Kier alpha value is -0.680. The standard InChI is InChI=1S/C19H30O4/c1-3-7-16-19(23-17-8-5-12-20-14(17)4-2)11-10-15-18(22-16)9-6-13-21-15/h3-4,14-19H,1-2,5-13H2/t14-,15+,16+,17+,18-,19-/m0/s1. The van der Waals surface area contributed by atoms with Crippen molar-refractivity contribution in [2.45, 2.75) is 81.6 Å². The second-order valence-electron chi connectivity index (χ2n) is 6.79. The Bertz CT molecular complexity index is 397. The number of hydrogen-bond acceptors (Lipinski definition) is 4. The van der Waals surface area contributed by atoms with Crippen LogP contribution in [0.25, 0.3) is 0 Å². The quantitative estimate of drug-likeness (QED) is 0.727. The Balaban J connectivity index is 1.67. The molecule has 0 unspecified atom stereocenters. The van der Waals surface area contributed by atoms with Gasteiger partial charge in [-0.3, -0.25) is 0 Å². The van der Waals surface area contributed by atoms with Crippen molar-refractivity contribution in [3.63, 3.8) is 0 Å². The van der Waals surface area contributed by atoms with E-state index in [1.165, 1.54) is 0 Å². The lowest BCUT2D eigenvalue weighted by molar-refractivity contribution is -0.168. The first kappa shape index (κ1) is 17.2. The summed E-state index contributed by atoms with van der Waals surface area (Å²) in [7, 11) is 0. The van der Waals surface area contributed by atoms with E-state index < -0.39 is 0 Å². The zero-order valence-electron chi connectivity index (χ0n) is 14.0. The van der Waals surface area contributed by atoms with Gasteiger partial charge in [-0.25, -0.2) is 0 Å². The fourth-order valence-corrected chi connectivity index (χ4v) is 3.96. The molecule has 0 aliphatic carbocycles. The molecular weight excluding hydrogens is 292 g/mol. The molecule has 130 valence electrons. The predicted molar refractivity (Wildman–Crippen MR) is 89.5 cm³/mol. The number of rotatable bonds is 5. The Morgan fingerprint density at radius 2 is 1.74 bits per heavy atom. The number of ether oxygens (including phenoxy) is 4. The molecule has 4 nitrogen and oxygen atoms in total. The average molecular weight is 322 g/mol. The average Bonchev–Trinajstić information content (AvgIpc) is 2.76. The molecule has 0 N–H and O–H groups in total. The monoisotopic (exact) mass is 322 g/mol. The minimum Gasteiger partial charge on any atom is -0.376 e. The molecule has 0 spiro atoms. The van der Waals surface area contributed by atoms with Crippen LogP contribution in [0.5, 0.6) is 0 Å². The van der Waals surface area contributed by atoms with E-state index in [2.05, 4.69) is 13.2 Å². The van der Waals surface area contributed by atoms with Crippen molar-refractivity contribution in [2.24, 2.45) is 0 Å². The van der Waals surface area contributed by atoms with Gasteiger partial charge in [0.15, 0.2) is 0 Å². The molecule has 3 saturated heterocycles. The summed E-state index contributed by atoms with van der Waals surface area (Å²) in [4.78, 5) is 0. The van der Waals surface area contributed by atoms with Gasteiger partial charge in [0.05, 0.1) is 30.5 Å². The third kappa shape index (κ3) is 4.24. The van der Waals surface area contributed by atoms with Crippen molar-refractivity contribution in [1.82, 2.24) is 0 Å². The van der Waals surface area contributed by atoms with Gasteiger partial charge in [-0.15, -0.1) is 13.2 Å². The molecule has 0 aromatic rings. The fourth-order valence-electron chi connectivity index (χ4n) is 3.96. The molecular formula is C19H30O4. The summed E-state index contributed by atoms with van der Waals surface area (Å²) in [5, 5.41) is 0. The number of fused-ring (bicyclic) bond motifs is 1. The fraction of sp³-hybridized carbons (Fsp3) is 0.789. The Kier molecular flexibility index (Phi) is 6.29. The van der Waals surface area contributed by atoms with Crippen LogP contribution in [0.1, 0.15) is 44.9 Å². The van der Waals surface area contributed by atoms with Crippen molar-refractivity contribution in [3.05, 3.63) is 25.3 Å². The first-order chi connectivity index (χ1) is 11.3. The molecule has 6 atom stereocenters. The molecule has 0 aromatic heterocycles. The van der Waals surface area contributed by atoms with Crippen molar-refractivity contribution in [3.8, 4) is 0 Å². The third-order valence-electron chi connectivity index (χ3n) is 5.17. The van der Waals surface area contributed by atoms with Crippen molar-refractivity contribution in [1.29, 1.82) is 0 Å². The van der Waals surface area contributed by atoms with Crippen LogP contribution in [-0.4, -0.2) is 49.8 Å². The maximum atomic E-state index is 6.46. The van der Waals surface area contributed by atoms with E-state index in [9.17, 15) is 0 Å². The highest BCUT2D eigenvalue weighted by Gasteiger charge is 2.38. The van der Waals surface area contributed by atoms with E-state index >= 15 is 0 Å². The summed E-state index contributed by atoms with van der Waals surface area (Å²) in [5.41, 5.74) is 0. The minimum absolute atomic E-state index is 0.00471. The molecule has 0 amide bonds. The second kappa shape index (κ2) is 8.43. The van der Waals surface area contributed by atoms with E-state index in [0.29, 0.717) is 0 Å². The van der Waals surface area contributed by atoms with Crippen LogP contribution in [0.4, 0.5) is 0 Å². The molecule has 3 aliphatic heterocycles. The lowest BCUT2D eigenvalue weighted by Crippen LogP contribution is -2.42. The van der Waals surface area contributed by atoms with Gasteiger partial charge in [0, 0.05) is 13.2 Å². The van der Waals surface area contributed by atoms with Gasteiger partial charge >= 0.3 is 0 Å². The lowest BCUT2D eigenvalue weighted by atomic mass is 9.99. The van der Waals surface area contributed by atoms with Gasteiger partial charge in [-0.1, -0.05) is 12.2 Å². The Morgan fingerprint density at radius 1 is 0.913 bits per heavy atom. The smallest absolute Gasteiger partial charge is 0.101 e. The van der Waals surface area contributed by atoms with Crippen LogP contribution in [-0.2, 0) is 18.9 Å². The molecule has 0 saturated carbocycles.